The first-order chi connectivity index (χ1) is 13.1. The lowest BCUT2D eigenvalue weighted by molar-refractivity contribution is 0.0283. The molecule has 0 unspecified atom stereocenters. The molecule has 2 aromatic rings. The zero-order valence-electron chi connectivity index (χ0n) is 15.0. The van der Waals surface area contributed by atoms with Crippen LogP contribution in [-0.4, -0.2) is 51.9 Å². The zero-order valence-corrected chi connectivity index (χ0v) is 15.8. The van der Waals surface area contributed by atoms with E-state index in [0.717, 1.165) is 43.4 Å². The number of likely N-dealkylation sites (tertiary alicyclic amines) is 1. The Morgan fingerprint density at radius 1 is 1.22 bits per heavy atom. The smallest absolute Gasteiger partial charge is 0.189 e. The van der Waals surface area contributed by atoms with E-state index in [4.69, 9.17) is 17.5 Å². The minimum absolute atomic E-state index is 0.260. The van der Waals surface area contributed by atoms with Crippen molar-refractivity contribution in [2.45, 2.75) is 6.92 Å². The lowest BCUT2D eigenvalue weighted by atomic mass is 9.73. The van der Waals surface area contributed by atoms with Crippen molar-refractivity contribution >= 4 is 28.9 Å². The molecule has 1 spiro atoms. The third kappa shape index (κ3) is 3.46. The minimum Gasteiger partial charge on any atom is -0.355 e. The largest absolute Gasteiger partial charge is 0.355 e. The number of nitriles is 1. The summed E-state index contributed by atoms with van der Waals surface area (Å²) in [6.45, 7) is 5.59. The molecule has 4 heterocycles. The highest BCUT2D eigenvalue weighted by Crippen LogP contribution is 2.41. The van der Waals surface area contributed by atoms with Gasteiger partial charge in [-0.1, -0.05) is 6.07 Å². The van der Waals surface area contributed by atoms with Gasteiger partial charge >= 0.3 is 0 Å². The molecule has 1 N–H and O–H groups in total. The van der Waals surface area contributed by atoms with Gasteiger partial charge in [-0.3, -0.25) is 10.4 Å². The van der Waals surface area contributed by atoms with Crippen molar-refractivity contribution in [2.75, 3.05) is 31.1 Å². The van der Waals surface area contributed by atoms with Crippen LogP contribution >= 0.6 is 12.2 Å². The summed E-state index contributed by atoms with van der Waals surface area (Å²) in [5.74, 6) is 0.870. The number of pyridine rings is 2. The van der Waals surface area contributed by atoms with Gasteiger partial charge in [-0.25, -0.2) is 4.98 Å². The Kier molecular flexibility index (Phi) is 4.46. The predicted molar refractivity (Wildman–Crippen MR) is 107 cm³/mol. The van der Waals surface area contributed by atoms with Crippen LogP contribution in [0.3, 0.4) is 0 Å². The molecule has 136 valence electrons. The number of nitrogens with one attached hydrogen (secondary N) is 1. The van der Waals surface area contributed by atoms with Crippen LogP contribution in [0.4, 0.5) is 5.82 Å². The maximum atomic E-state index is 9.01. The first kappa shape index (κ1) is 17.4. The van der Waals surface area contributed by atoms with E-state index in [1.54, 1.807) is 18.5 Å². The summed E-state index contributed by atoms with van der Waals surface area (Å²) < 4.78 is 0. The van der Waals surface area contributed by atoms with Gasteiger partial charge in [0.05, 0.1) is 23.0 Å². The van der Waals surface area contributed by atoms with Crippen LogP contribution < -0.4 is 10.3 Å². The van der Waals surface area contributed by atoms with Gasteiger partial charge in [0, 0.05) is 44.0 Å². The highest BCUT2D eigenvalue weighted by Gasteiger charge is 2.52. The zero-order chi connectivity index (χ0) is 18.9. The van der Waals surface area contributed by atoms with E-state index in [-0.39, 0.29) is 5.41 Å². The Balaban J connectivity index is 1.28. The summed E-state index contributed by atoms with van der Waals surface area (Å²) in [6.07, 6.45) is 3.43. The number of rotatable bonds is 3. The molecule has 0 aliphatic carbocycles. The molecule has 2 saturated heterocycles. The van der Waals surface area contributed by atoms with E-state index in [9.17, 15) is 0 Å². The molecule has 2 aliphatic heterocycles. The topological polar surface area (TPSA) is 80.4 Å². The van der Waals surface area contributed by atoms with Crippen LogP contribution in [0.15, 0.2) is 47.8 Å². The Hall–Kier alpha value is -3.05. The van der Waals surface area contributed by atoms with Gasteiger partial charge in [0.15, 0.2) is 5.11 Å². The molecule has 0 amide bonds. The van der Waals surface area contributed by atoms with E-state index in [1.165, 1.54) is 0 Å². The first-order valence-electron chi connectivity index (χ1n) is 8.70. The molecule has 2 aromatic heterocycles. The maximum Gasteiger partial charge on any atom is 0.189 e. The molecule has 0 atom stereocenters. The van der Waals surface area contributed by atoms with Crippen LogP contribution in [0.25, 0.3) is 0 Å². The molecule has 4 rings (SSSR count). The van der Waals surface area contributed by atoms with Gasteiger partial charge in [0.2, 0.25) is 0 Å². The molecule has 0 aromatic carbocycles. The van der Waals surface area contributed by atoms with Crippen molar-refractivity contribution in [1.29, 1.82) is 5.26 Å². The molecule has 2 aliphatic rings. The van der Waals surface area contributed by atoms with Crippen molar-refractivity contribution in [3.63, 3.8) is 0 Å². The molecular weight excluding hydrogens is 358 g/mol. The van der Waals surface area contributed by atoms with Gasteiger partial charge in [0.1, 0.15) is 5.82 Å². The molecule has 0 radical (unpaired) electrons. The molecule has 0 bridgehead atoms. The van der Waals surface area contributed by atoms with Crippen LogP contribution in [-0.2, 0) is 0 Å². The minimum atomic E-state index is 0.260. The van der Waals surface area contributed by atoms with Crippen LogP contribution in [0.5, 0.6) is 0 Å². The number of hydrogen-bond donors (Lipinski definition) is 1. The fourth-order valence-electron chi connectivity index (χ4n) is 3.53. The highest BCUT2D eigenvalue weighted by molar-refractivity contribution is 7.80. The summed E-state index contributed by atoms with van der Waals surface area (Å²) in [6, 6.07) is 11.4. The van der Waals surface area contributed by atoms with Gasteiger partial charge < -0.3 is 9.80 Å². The lowest BCUT2D eigenvalue weighted by Crippen LogP contribution is -2.73. The number of nitrogens with zero attached hydrogens (tertiary/aromatic N) is 6. The van der Waals surface area contributed by atoms with Gasteiger partial charge in [-0.15, -0.1) is 0 Å². The van der Waals surface area contributed by atoms with Gasteiger partial charge in [-0.05, 0) is 43.4 Å². The summed E-state index contributed by atoms with van der Waals surface area (Å²) in [5.41, 5.74) is 5.50. The fraction of sp³-hybridized carbons (Fsp3) is 0.316. The first-order valence-corrected chi connectivity index (χ1v) is 9.11. The second-order valence-electron chi connectivity index (χ2n) is 7.06. The van der Waals surface area contributed by atoms with Gasteiger partial charge in [-0.2, -0.15) is 10.4 Å². The summed E-state index contributed by atoms with van der Waals surface area (Å²) in [4.78, 5) is 13.0. The molecule has 7 nitrogen and oxygen atoms in total. The van der Waals surface area contributed by atoms with Crippen LogP contribution in [0, 0.1) is 16.7 Å². The normalized spacial score (nSPS) is 17.7. The number of hydrazone groups is 1. The maximum absolute atomic E-state index is 9.01. The lowest BCUT2D eigenvalue weighted by Gasteiger charge is -2.60. The Morgan fingerprint density at radius 2 is 2.04 bits per heavy atom. The summed E-state index contributed by atoms with van der Waals surface area (Å²) >= 11 is 5.45. The van der Waals surface area contributed by atoms with Gasteiger partial charge in [0.25, 0.3) is 0 Å². The van der Waals surface area contributed by atoms with E-state index in [2.05, 4.69) is 36.4 Å². The second-order valence-corrected chi connectivity index (χ2v) is 7.44. The molecule has 2 fully saturated rings. The molecule has 0 saturated carbocycles. The third-order valence-electron chi connectivity index (χ3n) is 4.95. The van der Waals surface area contributed by atoms with Crippen LogP contribution in [0.2, 0.25) is 0 Å². The second kappa shape index (κ2) is 6.93. The third-order valence-corrected chi connectivity index (χ3v) is 5.30. The van der Waals surface area contributed by atoms with E-state index < -0.39 is 0 Å². The average molecular weight is 377 g/mol. The molecule has 27 heavy (non-hydrogen) atoms. The fourth-order valence-corrected chi connectivity index (χ4v) is 3.70. The quantitative estimate of drug-likeness (QED) is 0.496. The summed E-state index contributed by atoms with van der Waals surface area (Å²) in [7, 11) is 0. The SMILES string of the molecule is C/C(=N/NC(=S)N1CC2(C1)CN(c1cc(C#N)ccn1)C2)c1ccccn1. The molecule has 8 heteroatoms. The Labute approximate surface area is 163 Å². The van der Waals surface area contributed by atoms with Crippen molar-refractivity contribution < 1.29 is 0 Å². The van der Waals surface area contributed by atoms with Crippen LogP contribution in [0.1, 0.15) is 18.2 Å². The number of aromatic nitrogens is 2. The average Bonchev–Trinajstić information content (AvgIpc) is 2.64. The monoisotopic (exact) mass is 377 g/mol. The predicted octanol–water partition coefficient (Wildman–Crippen LogP) is 1.77. The number of thiocarbonyl (C=S) groups is 1. The van der Waals surface area contributed by atoms with E-state index >= 15 is 0 Å². The van der Waals surface area contributed by atoms with Crippen molar-refractivity contribution in [3.8, 4) is 6.07 Å². The highest BCUT2D eigenvalue weighted by atomic mass is 32.1. The van der Waals surface area contributed by atoms with Crippen molar-refractivity contribution in [2.24, 2.45) is 10.5 Å². The van der Waals surface area contributed by atoms with E-state index in [0.29, 0.717) is 10.7 Å². The number of hydrogen-bond acceptors (Lipinski definition) is 6. The Morgan fingerprint density at radius 3 is 2.74 bits per heavy atom. The summed E-state index contributed by atoms with van der Waals surface area (Å²) in [5, 5.41) is 14.0. The number of anilines is 1. The molecular formula is C19H19N7S. The van der Waals surface area contributed by atoms with E-state index in [1.807, 2.05) is 31.2 Å². The Bertz CT molecular complexity index is 921. The van der Waals surface area contributed by atoms with Crippen molar-refractivity contribution in [3.05, 3.63) is 54.0 Å². The standard InChI is InChI=1S/C19H19N7S/c1-14(16-4-2-3-6-21-16)23-24-18(27)26-12-19(13-26)10-25(11-19)17-8-15(9-20)5-7-22-17/h2-8H,10-13H2,1H3,(H,24,27)/b23-14-. The van der Waals surface area contributed by atoms with Crippen molar-refractivity contribution in [1.82, 2.24) is 20.3 Å².